The van der Waals surface area contributed by atoms with Crippen LogP contribution in [0.25, 0.3) is 0 Å². The lowest BCUT2D eigenvalue weighted by atomic mass is 9.80. The number of benzene rings is 2. The van der Waals surface area contributed by atoms with Crippen LogP contribution in [0.1, 0.15) is 43.7 Å². The zero-order chi connectivity index (χ0) is 18.3. The van der Waals surface area contributed by atoms with Gasteiger partial charge in [-0.05, 0) is 23.0 Å². The first kappa shape index (κ1) is 18.7. The molecule has 1 atom stereocenters. The Kier molecular flexibility index (Phi) is 6.34. The first-order valence-electron chi connectivity index (χ1n) is 8.50. The van der Waals surface area contributed by atoms with Gasteiger partial charge in [-0.1, -0.05) is 74.5 Å². The number of hydrogen-bond donors (Lipinski definition) is 2. The van der Waals surface area contributed by atoms with Crippen LogP contribution in [0, 0.1) is 0 Å². The molecule has 25 heavy (non-hydrogen) atoms. The number of carbonyl (C=O) groups is 2. The van der Waals surface area contributed by atoms with Crippen molar-refractivity contribution in [1.29, 1.82) is 0 Å². The zero-order valence-electron chi connectivity index (χ0n) is 14.7. The number of nitrogens with one attached hydrogen (secondary N) is 1. The molecule has 0 aromatic heterocycles. The summed E-state index contributed by atoms with van der Waals surface area (Å²) in [5, 5.41) is 12.2. The summed E-state index contributed by atoms with van der Waals surface area (Å²) in [4.78, 5) is 23.6. The number of hydrogen-bond acceptors (Lipinski definition) is 2. The standard InChI is InChI=1S/C21H25NO3/c1-21(2,17-11-7-4-8-12-17)14-13-19(23)22-15-18(20(24)25)16-9-5-3-6-10-16/h3-12,18H,13-15H2,1-2H3,(H,22,23)(H,24,25). The molecular weight excluding hydrogens is 314 g/mol. The number of carboxylic acid groups (broad SMARTS) is 1. The van der Waals surface area contributed by atoms with Crippen molar-refractivity contribution in [2.75, 3.05) is 6.54 Å². The highest BCUT2D eigenvalue weighted by atomic mass is 16.4. The molecule has 1 unspecified atom stereocenters. The van der Waals surface area contributed by atoms with Gasteiger partial charge in [-0.2, -0.15) is 0 Å². The topological polar surface area (TPSA) is 66.4 Å². The van der Waals surface area contributed by atoms with Crippen LogP contribution in [0.5, 0.6) is 0 Å². The fourth-order valence-corrected chi connectivity index (χ4v) is 2.80. The monoisotopic (exact) mass is 339 g/mol. The summed E-state index contributed by atoms with van der Waals surface area (Å²) in [5.41, 5.74) is 1.78. The largest absolute Gasteiger partial charge is 0.481 e. The van der Waals surface area contributed by atoms with Crippen LogP contribution in [-0.4, -0.2) is 23.5 Å². The minimum atomic E-state index is -0.934. The Morgan fingerprint density at radius 1 is 1.00 bits per heavy atom. The SMILES string of the molecule is CC(C)(CCC(=O)NCC(C(=O)O)c1ccccc1)c1ccccc1. The lowest BCUT2D eigenvalue weighted by molar-refractivity contribution is -0.138. The van der Waals surface area contributed by atoms with Crippen molar-refractivity contribution in [2.45, 2.75) is 38.0 Å². The number of rotatable bonds is 8. The maximum Gasteiger partial charge on any atom is 0.312 e. The van der Waals surface area contributed by atoms with Crippen LogP contribution < -0.4 is 5.32 Å². The van der Waals surface area contributed by atoms with Crippen molar-refractivity contribution in [3.63, 3.8) is 0 Å². The fraction of sp³-hybridized carbons (Fsp3) is 0.333. The van der Waals surface area contributed by atoms with E-state index in [1.807, 2.05) is 24.3 Å². The number of aliphatic carboxylic acids is 1. The average Bonchev–Trinajstić information content (AvgIpc) is 2.61. The fourth-order valence-electron chi connectivity index (χ4n) is 2.80. The van der Waals surface area contributed by atoms with Gasteiger partial charge in [0.05, 0.1) is 5.92 Å². The third-order valence-electron chi connectivity index (χ3n) is 4.54. The number of carboxylic acids is 1. The van der Waals surface area contributed by atoms with E-state index < -0.39 is 11.9 Å². The van der Waals surface area contributed by atoms with Crippen LogP contribution in [-0.2, 0) is 15.0 Å². The Balaban J connectivity index is 1.88. The smallest absolute Gasteiger partial charge is 0.312 e. The zero-order valence-corrected chi connectivity index (χ0v) is 14.7. The summed E-state index contributed by atoms with van der Waals surface area (Å²) < 4.78 is 0. The summed E-state index contributed by atoms with van der Waals surface area (Å²) in [6.07, 6.45) is 1.06. The third-order valence-corrected chi connectivity index (χ3v) is 4.54. The Hall–Kier alpha value is -2.62. The second-order valence-corrected chi connectivity index (χ2v) is 6.86. The summed E-state index contributed by atoms with van der Waals surface area (Å²) >= 11 is 0. The maximum atomic E-state index is 12.2. The molecule has 0 aliphatic rings. The highest BCUT2D eigenvalue weighted by molar-refractivity contribution is 5.79. The highest BCUT2D eigenvalue weighted by Crippen LogP contribution is 2.28. The van der Waals surface area contributed by atoms with Crippen LogP contribution in [0.3, 0.4) is 0 Å². The first-order valence-corrected chi connectivity index (χ1v) is 8.50. The van der Waals surface area contributed by atoms with Gasteiger partial charge in [-0.25, -0.2) is 0 Å². The molecule has 0 spiro atoms. The van der Waals surface area contributed by atoms with E-state index in [1.165, 1.54) is 5.56 Å². The van der Waals surface area contributed by atoms with Crippen molar-refractivity contribution >= 4 is 11.9 Å². The van der Waals surface area contributed by atoms with Gasteiger partial charge in [0.1, 0.15) is 0 Å². The Labute approximate surface area is 148 Å². The third kappa shape index (κ3) is 5.45. The summed E-state index contributed by atoms with van der Waals surface area (Å²) in [5.74, 6) is -1.78. The summed E-state index contributed by atoms with van der Waals surface area (Å²) in [7, 11) is 0. The van der Waals surface area contributed by atoms with Crippen molar-refractivity contribution in [1.82, 2.24) is 5.32 Å². The van der Waals surface area contributed by atoms with E-state index in [0.717, 1.165) is 0 Å². The molecule has 0 bridgehead atoms. The molecule has 0 aliphatic carbocycles. The molecule has 0 fully saturated rings. The summed E-state index contributed by atoms with van der Waals surface area (Å²) in [6, 6.07) is 19.1. The maximum absolute atomic E-state index is 12.2. The molecule has 0 aliphatic heterocycles. The lowest BCUT2D eigenvalue weighted by Gasteiger charge is -2.25. The minimum absolute atomic E-state index is 0.101. The van der Waals surface area contributed by atoms with Crippen LogP contribution >= 0.6 is 0 Å². The van der Waals surface area contributed by atoms with E-state index in [9.17, 15) is 14.7 Å². The van der Waals surface area contributed by atoms with E-state index in [4.69, 9.17) is 0 Å². The molecule has 2 aromatic rings. The van der Waals surface area contributed by atoms with Gasteiger partial charge < -0.3 is 10.4 Å². The molecule has 2 rings (SSSR count). The van der Waals surface area contributed by atoms with Crippen molar-refractivity contribution in [2.24, 2.45) is 0 Å². The predicted molar refractivity (Wildman–Crippen MR) is 98.5 cm³/mol. The summed E-state index contributed by atoms with van der Waals surface area (Å²) in [6.45, 7) is 4.32. The molecule has 0 radical (unpaired) electrons. The van der Waals surface area contributed by atoms with E-state index in [-0.39, 0.29) is 17.9 Å². The number of amides is 1. The van der Waals surface area contributed by atoms with Gasteiger partial charge in [-0.3, -0.25) is 9.59 Å². The van der Waals surface area contributed by atoms with E-state index in [0.29, 0.717) is 18.4 Å². The molecule has 4 heteroatoms. The van der Waals surface area contributed by atoms with Gasteiger partial charge in [0, 0.05) is 13.0 Å². The van der Waals surface area contributed by atoms with Crippen molar-refractivity contribution in [3.8, 4) is 0 Å². The van der Waals surface area contributed by atoms with Gasteiger partial charge in [0.15, 0.2) is 0 Å². The minimum Gasteiger partial charge on any atom is -0.481 e. The van der Waals surface area contributed by atoms with E-state index in [1.54, 1.807) is 24.3 Å². The predicted octanol–water partition coefficient (Wildman–Crippen LogP) is 3.73. The second kappa shape index (κ2) is 8.47. The van der Waals surface area contributed by atoms with E-state index >= 15 is 0 Å². The van der Waals surface area contributed by atoms with Crippen molar-refractivity contribution in [3.05, 3.63) is 71.8 Å². The van der Waals surface area contributed by atoms with Crippen molar-refractivity contribution < 1.29 is 14.7 Å². The van der Waals surface area contributed by atoms with Gasteiger partial charge in [0.2, 0.25) is 5.91 Å². The van der Waals surface area contributed by atoms with Crippen LogP contribution in [0.2, 0.25) is 0 Å². The molecule has 1 amide bonds. The Morgan fingerprint density at radius 2 is 1.56 bits per heavy atom. The second-order valence-electron chi connectivity index (χ2n) is 6.86. The van der Waals surface area contributed by atoms with Crippen LogP contribution in [0.15, 0.2) is 60.7 Å². The van der Waals surface area contributed by atoms with Gasteiger partial charge >= 0.3 is 5.97 Å². The number of carbonyl (C=O) groups excluding carboxylic acids is 1. The van der Waals surface area contributed by atoms with Gasteiger partial charge in [-0.15, -0.1) is 0 Å². The van der Waals surface area contributed by atoms with Gasteiger partial charge in [0.25, 0.3) is 0 Å². The highest BCUT2D eigenvalue weighted by Gasteiger charge is 2.23. The molecule has 0 saturated carbocycles. The van der Waals surface area contributed by atoms with Crippen LogP contribution in [0.4, 0.5) is 0 Å². The molecule has 4 nitrogen and oxygen atoms in total. The molecule has 0 heterocycles. The Morgan fingerprint density at radius 3 is 2.12 bits per heavy atom. The lowest BCUT2D eigenvalue weighted by Crippen LogP contribution is -2.32. The Bertz CT molecular complexity index is 696. The molecule has 132 valence electrons. The normalized spacial score (nSPS) is 12.4. The molecule has 2 aromatic carbocycles. The molecule has 2 N–H and O–H groups in total. The molecule has 0 saturated heterocycles. The van der Waals surface area contributed by atoms with E-state index in [2.05, 4.69) is 31.3 Å². The molecular formula is C21H25NO3. The first-order chi connectivity index (χ1) is 11.9. The average molecular weight is 339 g/mol. The quantitative estimate of drug-likeness (QED) is 0.770.